The summed E-state index contributed by atoms with van der Waals surface area (Å²) in [6.45, 7) is 7.02. The summed E-state index contributed by atoms with van der Waals surface area (Å²) < 4.78 is 11.1. The Morgan fingerprint density at radius 2 is 1.80 bits per heavy atom. The highest BCUT2D eigenvalue weighted by molar-refractivity contribution is 7.99. The number of H-pyrrole nitrogens is 1. The summed E-state index contributed by atoms with van der Waals surface area (Å²) in [5.74, 6) is 0.584. The van der Waals surface area contributed by atoms with Crippen molar-refractivity contribution < 1.29 is 9.47 Å². The molecule has 136 valence electrons. The number of hydrogen-bond donors (Lipinski definition) is 1. The fourth-order valence-corrected chi connectivity index (χ4v) is 3.38. The highest BCUT2D eigenvalue weighted by atomic mass is 32.2. The van der Waals surface area contributed by atoms with Crippen molar-refractivity contribution >= 4 is 11.8 Å². The minimum Gasteiger partial charge on any atom is -0.352 e. The maximum absolute atomic E-state index is 12.4. The molecule has 25 heavy (non-hydrogen) atoms. The largest absolute Gasteiger partial charge is 0.352 e. The molecule has 1 heterocycles. The van der Waals surface area contributed by atoms with Crippen molar-refractivity contribution in [2.24, 2.45) is 0 Å². The molecule has 0 amide bonds. The van der Waals surface area contributed by atoms with Crippen molar-refractivity contribution in [1.29, 1.82) is 0 Å². The fraction of sp³-hybridized carbons (Fsp3) is 0.474. The molecule has 1 aromatic carbocycles. The minimum atomic E-state index is -0.297. The third-order valence-corrected chi connectivity index (χ3v) is 4.61. The van der Waals surface area contributed by atoms with Crippen LogP contribution in [0.1, 0.15) is 37.6 Å². The van der Waals surface area contributed by atoms with Gasteiger partial charge >= 0.3 is 0 Å². The highest BCUT2D eigenvalue weighted by Gasteiger charge is 2.14. The van der Waals surface area contributed by atoms with Gasteiger partial charge in [-0.1, -0.05) is 49.0 Å². The first-order valence-corrected chi connectivity index (χ1v) is 9.68. The van der Waals surface area contributed by atoms with Crippen molar-refractivity contribution in [2.45, 2.75) is 45.1 Å². The van der Waals surface area contributed by atoms with Crippen molar-refractivity contribution in [3.8, 4) is 0 Å². The quantitative estimate of drug-likeness (QED) is 0.399. The lowest BCUT2D eigenvalue weighted by Gasteiger charge is -2.16. The Balaban J connectivity index is 2.18. The molecule has 0 atom stereocenters. The SMILES string of the molecule is CCOC(CSc1nc(Cc2ccccc2)c(CC)c(=O)[nH]1)OCC. The molecule has 0 fully saturated rings. The molecule has 0 radical (unpaired) electrons. The molecule has 0 spiro atoms. The van der Waals surface area contributed by atoms with Crippen molar-refractivity contribution in [3.05, 3.63) is 57.5 Å². The van der Waals surface area contributed by atoms with Gasteiger partial charge in [-0.15, -0.1) is 0 Å². The molecule has 5 nitrogen and oxygen atoms in total. The molecule has 2 aromatic rings. The molecule has 6 heteroatoms. The van der Waals surface area contributed by atoms with Gasteiger partial charge in [0.1, 0.15) is 0 Å². The molecular weight excluding hydrogens is 336 g/mol. The second-order valence-electron chi connectivity index (χ2n) is 5.46. The van der Waals surface area contributed by atoms with Crippen LogP contribution in [0.15, 0.2) is 40.3 Å². The van der Waals surface area contributed by atoms with Crippen LogP contribution in [-0.4, -0.2) is 35.2 Å². The van der Waals surface area contributed by atoms with Crippen molar-refractivity contribution in [2.75, 3.05) is 19.0 Å². The number of nitrogens with one attached hydrogen (secondary N) is 1. The number of benzene rings is 1. The van der Waals surface area contributed by atoms with Crippen LogP contribution in [0.2, 0.25) is 0 Å². The minimum absolute atomic E-state index is 0.0599. The highest BCUT2D eigenvalue weighted by Crippen LogP contribution is 2.18. The number of thioether (sulfide) groups is 1. The predicted octanol–water partition coefficient (Wildman–Crippen LogP) is 3.41. The van der Waals surface area contributed by atoms with Crippen LogP contribution in [0.4, 0.5) is 0 Å². The molecule has 0 saturated heterocycles. The van der Waals surface area contributed by atoms with Gasteiger partial charge in [0.2, 0.25) is 0 Å². The Labute approximate surface area is 153 Å². The summed E-state index contributed by atoms with van der Waals surface area (Å²) in [7, 11) is 0. The van der Waals surface area contributed by atoms with E-state index in [-0.39, 0.29) is 11.8 Å². The molecule has 0 aliphatic heterocycles. The molecule has 1 N–H and O–H groups in total. The third-order valence-electron chi connectivity index (χ3n) is 3.71. The van der Waals surface area contributed by atoms with Gasteiger partial charge < -0.3 is 14.5 Å². The van der Waals surface area contributed by atoms with Gasteiger partial charge in [0.25, 0.3) is 5.56 Å². The smallest absolute Gasteiger partial charge is 0.254 e. The number of rotatable bonds is 10. The summed E-state index contributed by atoms with van der Waals surface area (Å²) in [5.41, 5.74) is 2.67. The Bertz CT molecular complexity index is 698. The van der Waals surface area contributed by atoms with E-state index in [1.807, 2.05) is 39.0 Å². The van der Waals surface area contributed by atoms with Gasteiger partial charge in [-0.3, -0.25) is 4.79 Å². The molecule has 0 unspecified atom stereocenters. The van der Waals surface area contributed by atoms with Gasteiger partial charge in [-0.2, -0.15) is 0 Å². The zero-order valence-corrected chi connectivity index (χ0v) is 15.9. The second kappa shape index (κ2) is 10.4. The zero-order valence-electron chi connectivity index (χ0n) is 15.1. The van der Waals surface area contributed by atoms with Gasteiger partial charge in [0.05, 0.1) is 11.4 Å². The third kappa shape index (κ3) is 5.99. The maximum Gasteiger partial charge on any atom is 0.254 e. The molecule has 0 aliphatic carbocycles. The Hall–Kier alpha value is -1.63. The van der Waals surface area contributed by atoms with Crippen molar-refractivity contribution in [1.82, 2.24) is 9.97 Å². The van der Waals surface area contributed by atoms with E-state index in [0.29, 0.717) is 37.0 Å². The summed E-state index contributed by atoms with van der Waals surface area (Å²) >= 11 is 1.45. The predicted molar refractivity (Wildman–Crippen MR) is 101 cm³/mol. The number of ether oxygens (including phenoxy) is 2. The van der Waals surface area contributed by atoms with Crippen LogP contribution in [-0.2, 0) is 22.3 Å². The average molecular weight is 362 g/mol. The molecule has 1 aromatic heterocycles. The van der Waals surface area contributed by atoms with E-state index in [1.54, 1.807) is 0 Å². The van der Waals surface area contributed by atoms with Crippen LogP contribution in [0.5, 0.6) is 0 Å². The summed E-state index contributed by atoms with van der Waals surface area (Å²) in [6, 6.07) is 10.1. The van der Waals surface area contributed by atoms with Crippen LogP contribution < -0.4 is 5.56 Å². The maximum atomic E-state index is 12.4. The average Bonchev–Trinajstić information content (AvgIpc) is 2.61. The van der Waals surface area contributed by atoms with E-state index in [4.69, 9.17) is 9.47 Å². The molecule has 0 saturated carbocycles. The first kappa shape index (κ1) is 19.7. The Kier molecular flexibility index (Phi) is 8.18. The summed E-state index contributed by atoms with van der Waals surface area (Å²) in [4.78, 5) is 20.0. The van der Waals surface area contributed by atoms with Crippen LogP contribution >= 0.6 is 11.8 Å². The Morgan fingerprint density at radius 3 is 2.40 bits per heavy atom. The molecular formula is C19H26N2O3S. The second-order valence-corrected chi connectivity index (χ2v) is 6.47. The first-order valence-electron chi connectivity index (χ1n) is 8.69. The van der Waals surface area contributed by atoms with E-state index in [0.717, 1.165) is 16.8 Å². The number of nitrogens with zero attached hydrogens (tertiary/aromatic N) is 1. The first-order chi connectivity index (χ1) is 12.2. The van der Waals surface area contributed by atoms with E-state index >= 15 is 0 Å². The van der Waals surface area contributed by atoms with Gasteiger partial charge in [0, 0.05) is 25.2 Å². The van der Waals surface area contributed by atoms with E-state index < -0.39 is 0 Å². The topological polar surface area (TPSA) is 64.2 Å². The lowest BCUT2D eigenvalue weighted by Crippen LogP contribution is -2.22. The normalized spacial score (nSPS) is 11.2. The number of aromatic nitrogens is 2. The number of hydrogen-bond acceptors (Lipinski definition) is 5. The molecule has 0 bridgehead atoms. The van der Waals surface area contributed by atoms with Crippen LogP contribution in [0.25, 0.3) is 0 Å². The van der Waals surface area contributed by atoms with Gasteiger partial charge in [-0.25, -0.2) is 4.98 Å². The fourth-order valence-electron chi connectivity index (χ4n) is 2.55. The van der Waals surface area contributed by atoms with E-state index in [1.165, 1.54) is 11.8 Å². The van der Waals surface area contributed by atoms with Crippen molar-refractivity contribution in [3.63, 3.8) is 0 Å². The lowest BCUT2D eigenvalue weighted by atomic mass is 10.1. The lowest BCUT2D eigenvalue weighted by molar-refractivity contribution is -0.120. The standard InChI is InChI=1S/C19H26N2O3S/c1-4-15-16(12-14-10-8-7-9-11-14)20-19(21-18(15)22)25-13-17(23-5-2)24-6-3/h7-11,17H,4-6,12-13H2,1-3H3,(H,20,21,22). The molecule has 0 aliphatic rings. The van der Waals surface area contributed by atoms with Crippen LogP contribution in [0, 0.1) is 0 Å². The van der Waals surface area contributed by atoms with Crippen LogP contribution in [0.3, 0.4) is 0 Å². The van der Waals surface area contributed by atoms with Gasteiger partial charge in [0.15, 0.2) is 11.4 Å². The van der Waals surface area contributed by atoms with E-state index in [9.17, 15) is 4.79 Å². The number of aromatic amines is 1. The van der Waals surface area contributed by atoms with E-state index in [2.05, 4.69) is 22.1 Å². The monoisotopic (exact) mass is 362 g/mol. The summed E-state index contributed by atoms with van der Waals surface area (Å²) in [5, 5.41) is 0.609. The summed E-state index contributed by atoms with van der Waals surface area (Å²) in [6.07, 6.45) is 1.02. The van der Waals surface area contributed by atoms with Gasteiger partial charge in [-0.05, 0) is 25.8 Å². The Morgan fingerprint density at radius 1 is 1.12 bits per heavy atom. The zero-order chi connectivity index (χ0) is 18.1. The molecule has 2 rings (SSSR count).